The maximum atomic E-state index is 15.2. The first kappa shape index (κ1) is 25.6. The highest BCUT2D eigenvalue weighted by Gasteiger charge is 2.23. The number of carbonyl (C=O) groups excluding carboxylic acids is 1. The van der Waals surface area contributed by atoms with E-state index in [-0.39, 0.29) is 23.0 Å². The Balaban J connectivity index is 1.35. The predicted octanol–water partition coefficient (Wildman–Crippen LogP) is 3.83. The van der Waals surface area contributed by atoms with Crippen LogP contribution < -0.4 is 15.4 Å². The fraction of sp³-hybridized carbons (Fsp3) is 0.333. The molecule has 11 heteroatoms. The molecule has 10 nitrogen and oxygen atoms in total. The Kier molecular flexibility index (Phi) is 7.47. The molecule has 0 bridgehead atoms. The summed E-state index contributed by atoms with van der Waals surface area (Å²) in [6.07, 6.45) is 3.07. The van der Waals surface area contributed by atoms with E-state index in [0.29, 0.717) is 16.7 Å². The molecular weight excluding hydrogens is 487 g/mol. The summed E-state index contributed by atoms with van der Waals surface area (Å²) in [5, 5.41) is 6.05. The van der Waals surface area contributed by atoms with Gasteiger partial charge in [0.1, 0.15) is 17.7 Å². The van der Waals surface area contributed by atoms with E-state index in [2.05, 4.69) is 47.3 Å². The monoisotopic (exact) mass is 518 g/mol. The SMILES string of the molecule is CCN1CCN(Cc2ccc(Nc3ncnc(Oc4ccc5[nH]c(C)cc5c4F)c3C(=O)NC)nc2)CC1. The number of rotatable bonds is 8. The average Bonchev–Trinajstić information content (AvgIpc) is 3.33. The van der Waals surface area contributed by atoms with E-state index in [1.807, 2.05) is 25.3 Å². The Morgan fingerprint density at radius 1 is 1.11 bits per heavy atom. The topological polar surface area (TPSA) is 111 Å². The van der Waals surface area contributed by atoms with Crippen LogP contribution in [0.25, 0.3) is 10.9 Å². The largest absolute Gasteiger partial charge is 0.435 e. The summed E-state index contributed by atoms with van der Waals surface area (Å²) < 4.78 is 21.0. The second kappa shape index (κ2) is 11.1. The Hall–Kier alpha value is -4.09. The van der Waals surface area contributed by atoms with Crippen molar-refractivity contribution in [2.24, 2.45) is 0 Å². The van der Waals surface area contributed by atoms with Crippen molar-refractivity contribution in [3.63, 3.8) is 0 Å². The third-order valence-corrected chi connectivity index (χ3v) is 6.70. The number of benzene rings is 1. The number of piperazine rings is 1. The van der Waals surface area contributed by atoms with Crippen LogP contribution in [0.4, 0.5) is 16.0 Å². The van der Waals surface area contributed by atoms with E-state index in [0.717, 1.165) is 50.5 Å². The third kappa shape index (κ3) is 5.43. The molecule has 38 heavy (non-hydrogen) atoms. The first-order chi connectivity index (χ1) is 18.4. The average molecular weight is 519 g/mol. The number of hydrogen-bond donors (Lipinski definition) is 3. The summed E-state index contributed by atoms with van der Waals surface area (Å²) >= 11 is 0. The minimum absolute atomic E-state index is 0.0411. The highest BCUT2D eigenvalue weighted by molar-refractivity contribution is 6.01. The van der Waals surface area contributed by atoms with Gasteiger partial charge in [-0.05, 0) is 43.3 Å². The van der Waals surface area contributed by atoms with E-state index in [1.165, 1.54) is 19.4 Å². The molecule has 1 aliphatic heterocycles. The van der Waals surface area contributed by atoms with Crippen LogP contribution in [0.2, 0.25) is 0 Å². The molecule has 0 saturated carbocycles. The number of aromatic amines is 1. The van der Waals surface area contributed by atoms with Crippen LogP contribution in [-0.2, 0) is 6.54 Å². The molecular formula is C27H31FN8O2. The van der Waals surface area contributed by atoms with E-state index >= 15 is 4.39 Å². The van der Waals surface area contributed by atoms with Crippen LogP contribution in [0, 0.1) is 12.7 Å². The number of ether oxygens (including phenoxy) is 1. The first-order valence-electron chi connectivity index (χ1n) is 12.6. The Labute approximate surface area is 220 Å². The number of halogens is 1. The number of aryl methyl sites for hydroxylation is 1. The van der Waals surface area contributed by atoms with Crippen LogP contribution >= 0.6 is 0 Å². The molecule has 1 amide bonds. The van der Waals surface area contributed by atoms with Gasteiger partial charge in [-0.3, -0.25) is 9.69 Å². The number of nitrogens with one attached hydrogen (secondary N) is 3. The number of likely N-dealkylation sites (N-methyl/N-ethyl adjacent to an activating group) is 1. The number of fused-ring (bicyclic) bond motifs is 1. The van der Waals surface area contributed by atoms with Gasteiger partial charge in [0.05, 0.1) is 0 Å². The van der Waals surface area contributed by atoms with Crippen LogP contribution in [0.5, 0.6) is 11.6 Å². The van der Waals surface area contributed by atoms with Crippen LogP contribution in [-0.4, -0.2) is 75.4 Å². The van der Waals surface area contributed by atoms with E-state index in [9.17, 15) is 4.79 Å². The summed E-state index contributed by atoms with van der Waals surface area (Å²) in [4.78, 5) is 33.6. The molecule has 0 unspecified atom stereocenters. The minimum Gasteiger partial charge on any atom is -0.435 e. The number of nitrogens with zero attached hydrogens (tertiary/aromatic N) is 5. The fourth-order valence-electron chi connectivity index (χ4n) is 4.58. The van der Waals surface area contributed by atoms with Gasteiger partial charge in [-0.2, -0.15) is 0 Å². The lowest BCUT2D eigenvalue weighted by atomic mass is 10.2. The van der Waals surface area contributed by atoms with Gasteiger partial charge in [-0.15, -0.1) is 0 Å². The zero-order valence-corrected chi connectivity index (χ0v) is 21.7. The molecule has 3 aromatic heterocycles. The molecule has 0 spiro atoms. The molecule has 1 fully saturated rings. The van der Waals surface area contributed by atoms with Crippen molar-refractivity contribution >= 4 is 28.4 Å². The number of aromatic nitrogens is 4. The van der Waals surface area contributed by atoms with Crippen molar-refractivity contribution in [2.45, 2.75) is 20.4 Å². The molecule has 3 N–H and O–H groups in total. The van der Waals surface area contributed by atoms with Gasteiger partial charge in [0.15, 0.2) is 17.4 Å². The molecule has 1 aliphatic rings. The van der Waals surface area contributed by atoms with E-state index in [1.54, 1.807) is 12.1 Å². The standard InChI is InChI=1S/C27H31FN8O2/c1-4-35-9-11-36(12-10-35)15-18-5-8-22(30-14-18)34-25-23(26(37)29-3)27(32-16-31-25)38-21-7-6-20-19(24(21)28)13-17(2)33-20/h5-8,13-14,16,33H,4,9-12,15H2,1-3H3,(H,29,37)(H,30,31,32,34). The number of anilines is 2. The van der Waals surface area contributed by atoms with Crippen LogP contribution in [0.3, 0.4) is 0 Å². The summed E-state index contributed by atoms with van der Waals surface area (Å²) in [6.45, 7) is 10.2. The first-order valence-corrected chi connectivity index (χ1v) is 12.6. The van der Waals surface area contributed by atoms with Crippen LogP contribution in [0.15, 0.2) is 42.9 Å². The highest BCUT2D eigenvalue weighted by Crippen LogP contribution is 2.33. The quantitative estimate of drug-likeness (QED) is 0.323. The summed E-state index contributed by atoms with van der Waals surface area (Å²) in [7, 11) is 1.49. The zero-order chi connectivity index (χ0) is 26.6. The molecule has 0 radical (unpaired) electrons. The van der Waals surface area contributed by atoms with Crippen molar-refractivity contribution in [2.75, 3.05) is 45.1 Å². The molecule has 1 saturated heterocycles. The number of pyridine rings is 1. The smallest absolute Gasteiger partial charge is 0.260 e. The Morgan fingerprint density at radius 3 is 2.61 bits per heavy atom. The second-order valence-corrected chi connectivity index (χ2v) is 9.26. The Bertz CT molecular complexity index is 1430. The van der Waals surface area contributed by atoms with Crippen molar-refractivity contribution in [1.29, 1.82) is 0 Å². The van der Waals surface area contributed by atoms with Crippen molar-refractivity contribution < 1.29 is 13.9 Å². The number of amides is 1. The van der Waals surface area contributed by atoms with Gasteiger partial charge >= 0.3 is 0 Å². The molecule has 1 aromatic carbocycles. The molecule has 198 valence electrons. The van der Waals surface area contributed by atoms with Gasteiger partial charge in [-0.25, -0.2) is 19.3 Å². The van der Waals surface area contributed by atoms with Gasteiger partial charge < -0.3 is 25.3 Å². The van der Waals surface area contributed by atoms with Gasteiger partial charge in [0, 0.05) is 62.6 Å². The minimum atomic E-state index is -0.545. The molecule has 0 aliphatic carbocycles. The number of hydrogen-bond acceptors (Lipinski definition) is 8. The molecule has 0 atom stereocenters. The maximum absolute atomic E-state index is 15.2. The van der Waals surface area contributed by atoms with Crippen molar-refractivity contribution in [3.05, 3.63) is 65.5 Å². The van der Waals surface area contributed by atoms with Gasteiger partial charge in [0.25, 0.3) is 5.91 Å². The molecule has 4 heterocycles. The van der Waals surface area contributed by atoms with Crippen molar-refractivity contribution in [1.82, 2.24) is 35.1 Å². The zero-order valence-electron chi connectivity index (χ0n) is 21.7. The van der Waals surface area contributed by atoms with Crippen LogP contribution in [0.1, 0.15) is 28.5 Å². The third-order valence-electron chi connectivity index (χ3n) is 6.70. The summed E-state index contributed by atoms with van der Waals surface area (Å²) in [5.74, 6) is -0.441. The van der Waals surface area contributed by atoms with Gasteiger partial charge in [0.2, 0.25) is 5.88 Å². The molecule has 5 rings (SSSR count). The lowest BCUT2D eigenvalue weighted by Crippen LogP contribution is -2.45. The number of carbonyl (C=O) groups is 1. The maximum Gasteiger partial charge on any atom is 0.260 e. The van der Waals surface area contributed by atoms with E-state index in [4.69, 9.17) is 4.74 Å². The highest BCUT2D eigenvalue weighted by atomic mass is 19.1. The fourth-order valence-corrected chi connectivity index (χ4v) is 4.58. The Morgan fingerprint density at radius 2 is 1.89 bits per heavy atom. The molecule has 4 aromatic rings. The normalized spacial score (nSPS) is 14.5. The number of H-pyrrole nitrogens is 1. The second-order valence-electron chi connectivity index (χ2n) is 9.26. The van der Waals surface area contributed by atoms with Gasteiger partial charge in [-0.1, -0.05) is 13.0 Å². The summed E-state index contributed by atoms with van der Waals surface area (Å²) in [5.41, 5.74) is 2.62. The lowest BCUT2D eigenvalue weighted by Gasteiger charge is -2.33. The van der Waals surface area contributed by atoms with Crippen molar-refractivity contribution in [3.8, 4) is 11.6 Å². The summed E-state index contributed by atoms with van der Waals surface area (Å²) in [6, 6.07) is 8.76. The predicted molar refractivity (Wildman–Crippen MR) is 143 cm³/mol. The lowest BCUT2D eigenvalue weighted by molar-refractivity contribution is 0.0960. The van der Waals surface area contributed by atoms with E-state index < -0.39 is 11.7 Å².